The Bertz CT molecular complexity index is 816. The van der Waals surface area contributed by atoms with Crippen molar-refractivity contribution in [2.75, 3.05) is 0 Å². The quantitative estimate of drug-likeness (QED) is 0.365. The van der Waals surface area contributed by atoms with Crippen LogP contribution in [-0.4, -0.2) is 23.6 Å². The van der Waals surface area contributed by atoms with Crippen LogP contribution in [0.3, 0.4) is 0 Å². The molecule has 7 saturated carbocycles. The van der Waals surface area contributed by atoms with Crippen LogP contribution < -0.4 is 0 Å². The fourth-order valence-corrected chi connectivity index (χ4v) is 10.6. The second-order valence-electron chi connectivity index (χ2n) is 12.5. The molecule has 7 rings (SSSR count). The SMILES string of the molecule is C=CC(=O)OC1CC2CC1C1C3CC(C(=O)OC45CC6CCCC(C4)C(C6)C5)C(C3)C21. The van der Waals surface area contributed by atoms with Gasteiger partial charge in [0.2, 0.25) is 0 Å². The van der Waals surface area contributed by atoms with Crippen LogP contribution in [0.5, 0.6) is 0 Å². The maximum Gasteiger partial charge on any atom is 0.330 e. The first kappa shape index (κ1) is 19.2. The molecule has 4 nitrogen and oxygen atoms in total. The van der Waals surface area contributed by atoms with Gasteiger partial charge in [-0.25, -0.2) is 4.79 Å². The zero-order valence-electron chi connectivity index (χ0n) is 18.5. The van der Waals surface area contributed by atoms with E-state index in [9.17, 15) is 9.59 Å². The number of hydrogen-bond acceptors (Lipinski definition) is 4. The molecular formula is C27H36O4. The average molecular weight is 425 g/mol. The number of rotatable bonds is 4. The molecule has 12 atom stereocenters. The molecule has 0 aliphatic heterocycles. The van der Waals surface area contributed by atoms with Crippen molar-refractivity contribution in [3.05, 3.63) is 12.7 Å². The van der Waals surface area contributed by atoms with Crippen molar-refractivity contribution < 1.29 is 19.1 Å². The van der Waals surface area contributed by atoms with Gasteiger partial charge >= 0.3 is 11.9 Å². The molecule has 0 amide bonds. The summed E-state index contributed by atoms with van der Waals surface area (Å²) in [6, 6.07) is 0. The van der Waals surface area contributed by atoms with Crippen molar-refractivity contribution in [1.29, 1.82) is 0 Å². The number of hydrogen-bond donors (Lipinski definition) is 0. The van der Waals surface area contributed by atoms with Gasteiger partial charge in [0.15, 0.2) is 0 Å². The minimum atomic E-state index is -0.273. The first-order valence-electron chi connectivity index (χ1n) is 13.1. The highest BCUT2D eigenvalue weighted by atomic mass is 16.6. The van der Waals surface area contributed by atoms with Crippen LogP contribution in [0.15, 0.2) is 12.7 Å². The minimum absolute atomic E-state index is 0.0810. The predicted octanol–water partition coefficient (Wildman–Crippen LogP) is 4.91. The summed E-state index contributed by atoms with van der Waals surface area (Å²) in [6.07, 6.45) is 14.7. The van der Waals surface area contributed by atoms with Gasteiger partial charge < -0.3 is 9.47 Å². The van der Waals surface area contributed by atoms with Gasteiger partial charge in [0.05, 0.1) is 5.92 Å². The first-order valence-corrected chi connectivity index (χ1v) is 13.1. The minimum Gasteiger partial charge on any atom is -0.459 e. The third-order valence-corrected chi connectivity index (χ3v) is 11.2. The molecule has 0 heterocycles. The molecule has 12 unspecified atom stereocenters. The van der Waals surface area contributed by atoms with E-state index in [0.717, 1.165) is 49.9 Å². The van der Waals surface area contributed by atoms with E-state index in [-0.39, 0.29) is 29.6 Å². The number of ether oxygens (including phenoxy) is 2. The largest absolute Gasteiger partial charge is 0.459 e. The molecule has 7 aliphatic rings. The maximum atomic E-state index is 13.5. The number of carbonyl (C=O) groups is 2. The number of esters is 2. The summed E-state index contributed by atoms with van der Waals surface area (Å²) in [7, 11) is 0. The highest BCUT2D eigenvalue weighted by molar-refractivity contribution is 5.81. The normalized spacial score (nSPS) is 55.2. The van der Waals surface area contributed by atoms with Crippen LogP contribution in [0.25, 0.3) is 0 Å². The Morgan fingerprint density at radius 2 is 1.61 bits per heavy atom. The molecule has 31 heavy (non-hydrogen) atoms. The molecule has 7 fully saturated rings. The third kappa shape index (κ3) is 2.72. The fourth-order valence-electron chi connectivity index (χ4n) is 10.6. The van der Waals surface area contributed by atoms with Crippen LogP contribution >= 0.6 is 0 Å². The Morgan fingerprint density at radius 1 is 0.839 bits per heavy atom. The summed E-state index contributed by atoms with van der Waals surface area (Å²) >= 11 is 0. The van der Waals surface area contributed by atoms with E-state index >= 15 is 0 Å². The van der Waals surface area contributed by atoms with E-state index in [1.807, 2.05) is 0 Å². The molecule has 0 radical (unpaired) electrons. The summed E-state index contributed by atoms with van der Waals surface area (Å²) in [5.41, 5.74) is -0.115. The molecule has 0 N–H and O–H groups in total. The predicted molar refractivity (Wildman–Crippen MR) is 115 cm³/mol. The lowest BCUT2D eigenvalue weighted by molar-refractivity contribution is -0.172. The van der Waals surface area contributed by atoms with E-state index in [4.69, 9.17) is 9.47 Å². The molecule has 0 aromatic heterocycles. The van der Waals surface area contributed by atoms with Crippen molar-refractivity contribution in [2.24, 2.45) is 59.2 Å². The lowest BCUT2D eigenvalue weighted by atomic mass is 9.66. The van der Waals surface area contributed by atoms with Crippen molar-refractivity contribution in [2.45, 2.75) is 82.3 Å². The molecular weight excluding hydrogens is 388 g/mol. The summed E-state index contributed by atoms with van der Waals surface area (Å²) in [5.74, 6) is 6.07. The van der Waals surface area contributed by atoms with Crippen LogP contribution in [-0.2, 0) is 19.1 Å². The van der Waals surface area contributed by atoms with Gasteiger partial charge in [0, 0.05) is 6.08 Å². The average Bonchev–Trinajstić information content (AvgIpc) is 3.51. The van der Waals surface area contributed by atoms with Crippen LogP contribution in [0.4, 0.5) is 0 Å². The summed E-state index contributed by atoms with van der Waals surface area (Å²) in [6.45, 7) is 3.55. The van der Waals surface area contributed by atoms with Gasteiger partial charge in [-0.1, -0.05) is 25.8 Å². The van der Waals surface area contributed by atoms with Gasteiger partial charge in [-0.3, -0.25) is 4.79 Å². The zero-order chi connectivity index (χ0) is 20.9. The fraction of sp³-hybridized carbons (Fsp3) is 0.852. The second kappa shape index (κ2) is 6.60. The Kier molecular flexibility index (Phi) is 4.09. The molecule has 7 bridgehead atoms. The topological polar surface area (TPSA) is 52.6 Å². The van der Waals surface area contributed by atoms with E-state index in [1.54, 1.807) is 0 Å². The first-order chi connectivity index (χ1) is 15.0. The van der Waals surface area contributed by atoms with Crippen molar-refractivity contribution >= 4 is 11.9 Å². The summed E-state index contributed by atoms with van der Waals surface area (Å²) in [4.78, 5) is 25.3. The third-order valence-electron chi connectivity index (χ3n) is 11.2. The van der Waals surface area contributed by atoms with Crippen LogP contribution in [0.2, 0.25) is 0 Å². The highest BCUT2D eigenvalue weighted by Gasteiger charge is 2.67. The van der Waals surface area contributed by atoms with E-state index in [1.165, 1.54) is 44.6 Å². The highest BCUT2D eigenvalue weighted by Crippen LogP contribution is 2.69. The standard InChI is InChI=1S/C27H36O4/c1-2-23(28)30-22-10-17-9-21(22)25-16-7-19(24(17)25)20(8-16)26(29)31-27-11-14-4-3-5-15(12-27)18(6-14)13-27/h2,14-22,24-25H,1,3-13H2. The summed E-state index contributed by atoms with van der Waals surface area (Å²) in [5, 5.41) is 0. The van der Waals surface area contributed by atoms with Gasteiger partial charge in [-0.2, -0.15) is 0 Å². The van der Waals surface area contributed by atoms with E-state index < -0.39 is 0 Å². The van der Waals surface area contributed by atoms with Crippen molar-refractivity contribution in [3.63, 3.8) is 0 Å². The molecule has 0 aromatic carbocycles. The lowest BCUT2D eigenvalue weighted by Crippen LogP contribution is -2.44. The molecule has 0 spiro atoms. The van der Waals surface area contributed by atoms with Gasteiger partial charge in [-0.05, 0) is 105 Å². The van der Waals surface area contributed by atoms with Crippen molar-refractivity contribution in [3.8, 4) is 0 Å². The lowest BCUT2D eigenvalue weighted by Gasteiger charge is -2.42. The Hall–Kier alpha value is -1.32. The molecule has 4 heteroatoms. The monoisotopic (exact) mass is 424 g/mol. The van der Waals surface area contributed by atoms with Crippen molar-refractivity contribution in [1.82, 2.24) is 0 Å². The van der Waals surface area contributed by atoms with Gasteiger partial charge in [0.25, 0.3) is 0 Å². The van der Waals surface area contributed by atoms with Crippen LogP contribution in [0, 0.1) is 59.2 Å². The zero-order valence-corrected chi connectivity index (χ0v) is 18.5. The van der Waals surface area contributed by atoms with Gasteiger partial charge in [0.1, 0.15) is 11.7 Å². The molecule has 168 valence electrons. The Morgan fingerprint density at radius 3 is 2.48 bits per heavy atom. The number of fused-ring (bicyclic) bond motifs is 11. The second-order valence-corrected chi connectivity index (χ2v) is 12.5. The Labute approximate surface area is 185 Å². The number of carbonyl (C=O) groups excluding carboxylic acids is 2. The smallest absolute Gasteiger partial charge is 0.330 e. The molecule has 0 aromatic rings. The maximum absolute atomic E-state index is 13.5. The van der Waals surface area contributed by atoms with E-state index in [2.05, 4.69) is 6.58 Å². The summed E-state index contributed by atoms with van der Waals surface area (Å²) < 4.78 is 12.2. The van der Waals surface area contributed by atoms with E-state index in [0.29, 0.717) is 35.5 Å². The Balaban J connectivity index is 1.05. The molecule has 0 saturated heterocycles. The van der Waals surface area contributed by atoms with Gasteiger partial charge in [-0.15, -0.1) is 0 Å². The van der Waals surface area contributed by atoms with Crippen LogP contribution in [0.1, 0.15) is 70.6 Å². The molecule has 7 aliphatic carbocycles.